The first-order chi connectivity index (χ1) is 7.57. The Labute approximate surface area is 97.8 Å². The van der Waals surface area contributed by atoms with E-state index in [2.05, 4.69) is 13.8 Å². The number of rotatable bonds is 2. The average Bonchev–Trinajstić information content (AvgIpc) is 2.27. The van der Waals surface area contributed by atoms with Crippen molar-refractivity contribution in [3.63, 3.8) is 0 Å². The third-order valence-electron chi connectivity index (χ3n) is 5.11. The highest BCUT2D eigenvalue weighted by molar-refractivity contribution is 6.25. The first kappa shape index (κ1) is 11.8. The molecule has 0 heterocycles. The molecule has 0 aliphatic heterocycles. The van der Waals surface area contributed by atoms with Gasteiger partial charge in [-0.15, -0.1) is 0 Å². The second-order valence-electron chi connectivity index (χ2n) is 6.12. The fourth-order valence-corrected chi connectivity index (χ4v) is 4.01. The van der Waals surface area contributed by atoms with Crippen molar-refractivity contribution in [2.45, 2.75) is 52.4 Å². The highest BCUT2D eigenvalue weighted by atomic mass is 16.2. The Morgan fingerprint density at radius 1 is 1.31 bits per heavy atom. The van der Waals surface area contributed by atoms with Gasteiger partial charge in [-0.05, 0) is 42.9 Å². The third-order valence-corrected chi connectivity index (χ3v) is 5.11. The summed E-state index contributed by atoms with van der Waals surface area (Å²) in [6, 6.07) is 0. The number of ketones is 1. The molecule has 0 radical (unpaired) electrons. The number of carbonyl (C=O) groups excluding carboxylic acids is 2. The number of carbonyl (C=O) groups is 2. The van der Waals surface area contributed by atoms with Gasteiger partial charge in [-0.1, -0.05) is 26.7 Å². The summed E-state index contributed by atoms with van der Waals surface area (Å²) < 4.78 is 0. The van der Waals surface area contributed by atoms with Gasteiger partial charge in [0.05, 0.1) is 0 Å². The second kappa shape index (κ2) is 4.31. The molecule has 90 valence electrons. The van der Waals surface area contributed by atoms with E-state index in [9.17, 15) is 9.59 Å². The summed E-state index contributed by atoms with van der Waals surface area (Å²) in [5, 5.41) is 0. The van der Waals surface area contributed by atoms with E-state index in [-0.39, 0.29) is 11.7 Å². The van der Waals surface area contributed by atoms with Gasteiger partial charge < -0.3 is 0 Å². The zero-order valence-electron chi connectivity index (χ0n) is 10.4. The van der Waals surface area contributed by atoms with Crippen LogP contribution in [0.5, 0.6) is 0 Å². The molecule has 0 spiro atoms. The average molecular weight is 222 g/mol. The quantitative estimate of drug-likeness (QED) is 0.531. The second-order valence-corrected chi connectivity index (χ2v) is 6.12. The summed E-state index contributed by atoms with van der Waals surface area (Å²) in [4.78, 5) is 22.1. The molecule has 0 aromatic rings. The summed E-state index contributed by atoms with van der Waals surface area (Å²) in [5.41, 5.74) is 0.442. The molecule has 0 aromatic carbocycles. The van der Waals surface area contributed by atoms with E-state index in [1.807, 2.05) is 0 Å². The molecule has 0 N–H and O–H groups in total. The minimum Gasteiger partial charge on any atom is -0.295 e. The van der Waals surface area contributed by atoms with E-state index < -0.39 is 0 Å². The van der Waals surface area contributed by atoms with Crippen LogP contribution in [0.4, 0.5) is 0 Å². The van der Waals surface area contributed by atoms with Gasteiger partial charge in [-0.3, -0.25) is 9.59 Å². The molecule has 2 rings (SSSR count). The molecule has 4 unspecified atom stereocenters. The van der Waals surface area contributed by atoms with E-state index >= 15 is 0 Å². The van der Waals surface area contributed by atoms with E-state index in [1.165, 1.54) is 19.3 Å². The number of hydrogen-bond acceptors (Lipinski definition) is 2. The van der Waals surface area contributed by atoms with Crippen LogP contribution >= 0.6 is 0 Å². The first-order valence-corrected chi connectivity index (χ1v) is 6.56. The topological polar surface area (TPSA) is 34.1 Å². The molecule has 2 heteroatoms. The van der Waals surface area contributed by atoms with Gasteiger partial charge >= 0.3 is 0 Å². The van der Waals surface area contributed by atoms with Crippen LogP contribution in [0.25, 0.3) is 0 Å². The molecular weight excluding hydrogens is 200 g/mol. The van der Waals surface area contributed by atoms with Gasteiger partial charge in [-0.25, -0.2) is 0 Å². The number of Topliss-reactive ketones (excluding diaryl/α,β-unsaturated/α-hetero) is 1. The number of fused-ring (bicyclic) bond motifs is 1. The zero-order chi connectivity index (χ0) is 11.8. The SMILES string of the molecule is CC1CCCC2(C)CCC(C(=O)C=O)CC12. The van der Waals surface area contributed by atoms with Crippen LogP contribution in [0.2, 0.25) is 0 Å². The van der Waals surface area contributed by atoms with Gasteiger partial charge in [-0.2, -0.15) is 0 Å². The largest absolute Gasteiger partial charge is 0.295 e. The van der Waals surface area contributed by atoms with Crippen LogP contribution in [-0.2, 0) is 9.59 Å². The van der Waals surface area contributed by atoms with Crippen LogP contribution in [0.15, 0.2) is 0 Å². The van der Waals surface area contributed by atoms with Gasteiger partial charge in [0.25, 0.3) is 0 Å². The highest BCUT2D eigenvalue weighted by Crippen LogP contribution is 2.53. The maximum absolute atomic E-state index is 11.5. The predicted octanol–water partition coefficient (Wildman–Crippen LogP) is 3.00. The highest BCUT2D eigenvalue weighted by Gasteiger charge is 2.45. The zero-order valence-corrected chi connectivity index (χ0v) is 10.4. The first-order valence-electron chi connectivity index (χ1n) is 6.56. The van der Waals surface area contributed by atoms with E-state index in [4.69, 9.17) is 0 Å². The summed E-state index contributed by atoms with van der Waals surface area (Å²) in [6.45, 7) is 4.70. The molecule has 0 saturated heterocycles. The van der Waals surface area contributed by atoms with Crippen LogP contribution in [0, 0.1) is 23.2 Å². The summed E-state index contributed by atoms with van der Waals surface area (Å²) in [7, 11) is 0. The Morgan fingerprint density at radius 3 is 2.75 bits per heavy atom. The van der Waals surface area contributed by atoms with Gasteiger partial charge in [0.1, 0.15) is 0 Å². The van der Waals surface area contributed by atoms with E-state index in [1.54, 1.807) is 0 Å². The van der Waals surface area contributed by atoms with E-state index in [0.29, 0.717) is 17.6 Å². The number of hydrogen-bond donors (Lipinski definition) is 0. The molecule has 2 fully saturated rings. The van der Waals surface area contributed by atoms with Crippen LogP contribution < -0.4 is 0 Å². The van der Waals surface area contributed by atoms with Crippen molar-refractivity contribution >= 4 is 12.1 Å². The molecule has 0 aromatic heterocycles. The summed E-state index contributed by atoms with van der Waals surface area (Å²) in [5.74, 6) is 1.24. The normalized spacial score (nSPS) is 43.5. The molecule has 2 aliphatic carbocycles. The molecule has 0 bridgehead atoms. The van der Waals surface area contributed by atoms with Crippen molar-refractivity contribution in [3.05, 3.63) is 0 Å². The Balaban J connectivity index is 2.11. The Kier molecular flexibility index (Phi) is 3.18. The van der Waals surface area contributed by atoms with Crippen LogP contribution in [0.1, 0.15) is 52.4 Å². The number of aldehydes is 1. The maximum atomic E-state index is 11.5. The van der Waals surface area contributed by atoms with Crippen molar-refractivity contribution in [3.8, 4) is 0 Å². The van der Waals surface area contributed by atoms with E-state index in [0.717, 1.165) is 25.2 Å². The molecule has 4 atom stereocenters. The molecular formula is C14H22O2. The van der Waals surface area contributed by atoms with Crippen molar-refractivity contribution in [2.24, 2.45) is 23.2 Å². The predicted molar refractivity (Wildman–Crippen MR) is 63.0 cm³/mol. The smallest absolute Gasteiger partial charge is 0.198 e. The Bertz CT molecular complexity index is 297. The standard InChI is InChI=1S/C14H22O2/c1-10-4-3-6-14(2)7-5-11(8-12(10)14)13(16)9-15/h9-12H,3-8H2,1-2H3. The van der Waals surface area contributed by atoms with Gasteiger partial charge in [0.15, 0.2) is 12.1 Å². The lowest BCUT2D eigenvalue weighted by atomic mass is 9.55. The van der Waals surface area contributed by atoms with Gasteiger partial charge in [0.2, 0.25) is 0 Å². The fourth-order valence-electron chi connectivity index (χ4n) is 4.01. The van der Waals surface area contributed by atoms with Crippen molar-refractivity contribution in [1.29, 1.82) is 0 Å². The molecule has 2 saturated carbocycles. The lowest BCUT2D eigenvalue weighted by Gasteiger charge is -2.50. The Morgan fingerprint density at radius 2 is 2.06 bits per heavy atom. The maximum Gasteiger partial charge on any atom is 0.198 e. The fraction of sp³-hybridized carbons (Fsp3) is 0.857. The lowest BCUT2D eigenvalue weighted by Crippen LogP contribution is -2.42. The van der Waals surface area contributed by atoms with Crippen molar-refractivity contribution in [2.75, 3.05) is 0 Å². The minimum absolute atomic E-state index is 0.0242. The summed E-state index contributed by atoms with van der Waals surface area (Å²) in [6.07, 6.45) is 7.48. The van der Waals surface area contributed by atoms with Crippen LogP contribution in [0.3, 0.4) is 0 Å². The molecule has 2 nitrogen and oxygen atoms in total. The molecule has 16 heavy (non-hydrogen) atoms. The Hall–Kier alpha value is -0.660. The van der Waals surface area contributed by atoms with Gasteiger partial charge in [0, 0.05) is 5.92 Å². The molecule has 0 amide bonds. The van der Waals surface area contributed by atoms with Crippen molar-refractivity contribution in [1.82, 2.24) is 0 Å². The minimum atomic E-state index is -0.167. The van der Waals surface area contributed by atoms with Crippen LogP contribution in [-0.4, -0.2) is 12.1 Å². The lowest BCUT2D eigenvalue weighted by molar-refractivity contribution is -0.135. The van der Waals surface area contributed by atoms with Crippen molar-refractivity contribution < 1.29 is 9.59 Å². The molecule has 2 aliphatic rings. The third kappa shape index (κ3) is 1.94. The summed E-state index contributed by atoms with van der Waals surface area (Å²) >= 11 is 0. The monoisotopic (exact) mass is 222 g/mol.